The standard InChI is InChI=1S/C31H33FN4O/c1-19(32)15-35-17-28(22-7-5-4-6-8-22)29(18-35)36-16-26-12-27-25(11-23(26)13-30(36)37)14-33-31(27)24-9-20(2)34-21(3)10-24/h4-12,19,28-29H,13-18H2,1-3H3/t19?,28-,29+/m0/s1. The Labute approximate surface area is 218 Å². The Morgan fingerprint density at radius 3 is 2.49 bits per heavy atom. The molecule has 1 amide bonds. The van der Waals surface area contributed by atoms with Crippen molar-refractivity contribution in [1.29, 1.82) is 0 Å². The van der Waals surface area contributed by atoms with Crippen molar-refractivity contribution in [2.24, 2.45) is 4.99 Å². The maximum Gasteiger partial charge on any atom is 0.227 e. The number of hydrogen-bond donors (Lipinski definition) is 0. The van der Waals surface area contributed by atoms with Gasteiger partial charge in [-0.25, -0.2) is 4.39 Å². The Hall–Kier alpha value is -3.38. The van der Waals surface area contributed by atoms with Gasteiger partial charge >= 0.3 is 0 Å². The number of rotatable bonds is 5. The van der Waals surface area contributed by atoms with Crippen LogP contribution >= 0.6 is 0 Å². The number of aliphatic imine (C=N–C) groups is 1. The minimum absolute atomic E-state index is 0.0219. The van der Waals surface area contributed by atoms with E-state index in [4.69, 9.17) is 4.99 Å². The molecule has 3 atom stereocenters. The van der Waals surface area contributed by atoms with Gasteiger partial charge in [-0.15, -0.1) is 0 Å². The average Bonchev–Trinajstić information content (AvgIpc) is 3.45. The molecule has 0 radical (unpaired) electrons. The van der Waals surface area contributed by atoms with Crippen molar-refractivity contribution in [2.45, 2.75) is 58.4 Å². The zero-order valence-corrected chi connectivity index (χ0v) is 21.7. The van der Waals surface area contributed by atoms with Crippen LogP contribution in [-0.2, 0) is 24.3 Å². The fraction of sp³-hybridized carbons (Fsp3) is 0.387. The summed E-state index contributed by atoms with van der Waals surface area (Å²) in [6.07, 6.45) is -0.489. The number of amides is 1. The van der Waals surface area contributed by atoms with Crippen LogP contribution in [0, 0.1) is 13.8 Å². The first-order valence-electron chi connectivity index (χ1n) is 13.2. The van der Waals surface area contributed by atoms with Gasteiger partial charge in [0.25, 0.3) is 0 Å². The first-order valence-corrected chi connectivity index (χ1v) is 13.2. The Kier molecular flexibility index (Phi) is 6.15. The highest BCUT2D eigenvalue weighted by Gasteiger charge is 2.41. The Bertz CT molecular complexity index is 1360. The number of pyridine rings is 1. The SMILES string of the molecule is Cc1cc(C2=NCc3cc4c(cc32)CN([C@@H]2CN(CC(C)F)C[C@H]2c2ccccc2)C(=O)C4)cc(C)n1. The van der Waals surface area contributed by atoms with Crippen molar-refractivity contribution in [3.63, 3.8) is 0 Å². The molecule has 1 fully saturated rings. The number of aromatic nitrogens is 1. The van der Waals surface area contributed by atoms with E-state index in [2.05, 4.69) is 51.2 Å². The summed E-state index contributed by atoms with van der Waals surface area (Å²) in [5, 5.41) is 0. The summed E-state index contributed by atoms with van der Waals surface area (Å²) in [4.78, 5) is 27.1. The molecule has 4 heterocycles. The molecule has 1 unspecified atom stereocenters. The molecule has 1 aromatic heterocycles. The fourth-order valence-corrected chi connectivity index (χ4v) is 6.42. The number of alkyl halides is 1. The molecular weight excluding hydrogens is 463 g/mol. The highest BCUT2D eigenvalue weighted by Crippen LogP contribution is 2.36. The molecule has 37 heavy (non-hydrogen) atoms. The number of likely N-dealkylation sites (tertiary alicyclic amines) is 1. The topological polar surface area (TPSA) is 48.8 Å². The van der Waals surface area contributed by atoms with E-state index in [0.29, 0.717) is 32.6 Å². The van der Waals surface area contributed by atoms with Gasteiger partial charge < -0.3 is 4.90 Å². The molecule has 6 rings (SSSR count). The number of carbonyl (C=O) groups is 1. The van der Waals surface area contributed by atoms with E-state index >= 15 is 0 Å². The summed E-state index contributed by atoms with van der Waals surface area (Å²) in [6, 6.07) is 19.1. The van der Waals surface area contributed by atoms with Gasteiger partial charge in [-0.3, -0.25) is 19.7 Å². The molecule has 0 N–H and O–H groups in total. The van der Waals surface area contributed by atoms with Crippen LogP contribution in [0.4, 0.5) is 4.39 Å². The van der Waals surface area contributed by atoms with Crippen LogP contribution in [-0.4, -0.2) is 58.3 Å². The first-order chi connectivity index (χ1) is 17.9. The molecule has 3 aliphatic heterocycles. The van der Waals surface area contributed by atoms with Crippen LogP contribution < -0.4 is 0 Å². The van der Waals surface area contributed by atoms with Crippen molar-refractivity contribution in [1.82, 2.24) is 14.8 Å². The molecule has 5 nitrogen and oxygen atoms in total. The first kappa shape index (κ1) is 24.0. The van der Waals surface area contributed by atoms with Gasteiger partial charge in [0.1, 0.15) is 6.17 Å². The van der Waals surface area contributed by atoms with Crippen LogP contribution in [0.15, 0.2) is 59.6 Å². The molecule has 6 heteroatoms. The van der Waals surface area contributed by atoms with Gasteiger partial charge in [0.05, 0.1) is 24.7 Å². The predicted octanol–water partition coefficient (Wildman–Crippen LogP) is 4.76. The minimum Gasteiger partial charge on any atom is -0.333 e. The quantitative estimate of drug-likeness (QED) is 0.512. The van der Waals surface area contributed by atoms with Crippen LogP contribution in [0.2, 0.25) is 0 Å². The number of aryl methyl sites for hydroxylation is 2. The molecule has 2 aromatic carbocycles. The number of nitrogens with zero attached hydrogens (tertiary/aromatic N) is 4. The van der Waals surface area contributed by atoms with Gasteiger partial charge in [0.2, 0.25) is 5.91 Å². The van der Waals surface area contributed by atoms with E-state index in [1.54, 1.807) is 6.92 Å². The molecule has 3 aliphatic rings. The normalized spacial score (nSPS) is 22.1. The zero-order valence-electron chi connectivity index (χ0n) is 21.7. The smallest absolute Gasteiger partial charge is 0.227 e. The van der Waals surface area contributed by atoms with Crippen molar-refractivity contribution < 1.29 is 9.18 Å². The van der Waals surface area contributed by atoms with Crippen LogP contribution in [0.1, 0.15) is 57.6 Å². The van der Waals surface area contributed by atoms with Crippen LogP contribution in [0.3, 0.4) is 0 Å². The lowest BCUT2D eigenvalue weighted by molar-refractivity contribution is -0.134. The second kappa shape index (κ2) is 9.49. The molecule has 190 valence electrons. The van der Waals surface area contributed by atoms with Crippen LogP contribution in [0.25, 0.3) is 0 Å². The number of halogens is 1. The summed E-state index contributed by atoms with van der Waals surface area (Å²) >= 11 is 0. The largest absolute Gasteiger partial charge is 0.333 e. The third kappa shape index (κ3) is 4.59. The van der Waals surface area contributed by atoms with Crippen molar-refractivity contribution in [3.8, 4) is 0 Å². The number of fused-ring (bicyclic) bond motifs is 2. The maximum atomic E-state index is 13.9. The molecule has 3 aromatic rings. The van der Waals surface area contributed by atoms with Gasteiger partial charge in [0, 0.05) is 54.6 Å². The van der Waals surface area contributed by atoms with Gasteiger partial charge in [-0.05, 0) is 61.2 Å². The summed E-state index contributed by atoms with van der Waals surface area (Å²) in [7, 11) is 0. The van der Waals surface area contributed by atoms with Crippen molar-refractivity contribution in [3.05, 3.63) is 99.4 Å². The fourth-order valence-electron chi connectivity index (χ4n) is 6.42. The predicted molar refractivity (Wildman–Crippen MR) is 144 cm³/mol. The lowest BCUT2D eigenvalue weighted by Crippen LogP contribution is -2.47. The number of hydrogen-bond acceptors (Lipinski definition) is 4. The summed E-state index contributed by atoms with van der Waals surface area (Å²) in [5.74, 6) is 0.327. The Balaban J connectivity index is 1.32. The Morgan fingerprint density at radius 1 is 1.00 bits per heavy atom. The third-order valence-corrected chi connectivity index (χ3v) is 7.95. The number of carbonyl (C=O) groups excluding carboxylic acids is 1. The van der Waals surface area contributed by atoms with Gasteiger partial charge in [-0.1, -0.05) is 36.4 Å². The third-order valence-electron chi connectivity index (χ3n) is 7.95. The number of benzene rings is 2. The molecule has 0 spiro atoms. The van der Waals surface area contributed by atoms with E-state index < -0.39 is 6.17 Å². The molecule has 1 saturated heterocycles. The summed E-state index contributed by atoms with van der Waals surface area (Å²) < 4.78 is 13.9. The summed E-state index contributed by atoms with van der Waals surface area (Å²) in [5.41, 5.74) is 9.96. The van der Waals surface area contributed by atoms with E-state index in [-0.39, 0.29) is 17.9 Å². The van der Waals surface area contributed by atoms with E-state index in [1.165, 1.54) is 16.7 Å². The highest BCUT2D eigenvalue weighted by molar-refractivity contribution is 6.15. The van der Waals surface area contributed by atoms with Crippen molar-refractivity contribution in [2.75, 3.05) is 19.6 Å². The molecular formula is C31H33FN4O. The minimum atomic E-state index is -0.895. The summed E-state index contributed by atoms with van der Waals surface area (Å²) in [6.45, 7) is 8.72. The molecule has 0 bridgehead atoms. The van der Waals surface area contributed by atoms with E-state index in [1.807, 2.05) is 32.0 Å². The zero-order chi connectivity index (χ0) is 25.7. The molecule has 0 saturated carbocycles. The second-order valence-electron chi connectivity index (χ2n) is 10.9. The van der Waals surface area contributed by atoms with Gasteiger partial charge in [-0.2, -0.15) is 0 Å². The lowest BCUT2D eigenvalue weighted by Gasteiger charge is -2.37. The second-order valence-corrected chi connectivity index (χ2v) is 10.9. The average molecular weight is 497 g/mol. The van der Waals surface area contributed by atoms with Gasteiger partial charge in [0.15, 0.2) is 0 Å². The van der Waals surface area contributed by atoms with Crippen LogP contribution in [0.5, 0.6) is 0 Å². The van der Waals surface area contributed by atoms with E-state index in [0.717, 1.165) is 40.3 Å². The van der Waals surface area contributed by atoms with Crippen molar-refractivity contribution >= 4 is 11.6 Å². The Morgan fingerprint density at radius 2 is 1.76 bits per heavy atom. The highest BCUT2D eigenvalue weighted by atomic mass is 19.1. The lowest BCUT2D eigenvalue weighted by atomic mass is 9.88. The maximum absolute atomic E-state index is 13.9. The monoisotopic (exact) mass is 496 g/mol. The van der Waals surface area contributed by atoms with E-state index in [9.17, 15) is 9.18 Å². The molecule has 0 aliphatic carbocycles.